The van der Waals surface area contributed by atoms with Gasteiger partial charge in [0.25, 0.3) is 0 Å². The molecule has 0 aromatic heterocycles. The SMILES string of the molecule is C=C1CCCN1C1CCN(C(C)C)CC1. The Labute approximate surface area is 93.9 Å². The first kappa shape index (κ1) is 11.0. The van der Waals surface area contributed by atoms with E-state index in [1.165, 1.54) is 51.0 Å². The van der Waals surface area contributed by atoms with Crippen LogP contribution >= 0.6 is 0 Å². The van der Waals surface area contributed by atoms with Crippen molar-refractivity contribution in [3.63, 3.8) is 0 Å². The van der Waals surface area contributed by atoms with Crippen LogP contribution in [0.3, 0.4) is 0 Å². The summed E-state index contributed by atoms with van der Waals surface area (Å²) in [6.45, 7) is 12.6. The van der Waals surface area contributed by atoms with E-state index in [0.717, 1.165) is 6.04 Å². The highest BCUT2D eigenvalue weighted by atomic mass is 15.2. The number of allylic oxidation sites excluding steroid dienone is 1. The van der Waals surface area contributed by atoms with Gasteiger partial charge in [-0.1, -0.05) is 6.58 Å². The van der Waals surface area contributed by atoms with Gasteiger partial charge in [-0.25, -0.2) is 0 Å². The van der Waals surface area contributed by atoms with Gasteiger partial charge in [0.2, 0.25) is 0 Å². The van der Waals surface area contributed by atoms with Crippen molar-refractivity contribution in [1.82, 2.24) is 9.80 Å². The highest BCUT2D eigenvalue weighted by molar-refractivity contribution is 5.03. The normalized spacial score (nSPS) is 25.5. The lowest BCUT2D eigenvalue weighted by atomic mass is 10.0. The van der Waals surface area contributed by atoms with Crippen molar-refractivity contribution < 1.29 is 0 Å². The van der Waals surface area contributed by atoms with Gasteiger partial charge in [0, 0.05) is 37.4 Å². The molecule has 0 N–H and O–H groups in total. The van der Waals surface area contributed by atoms with Crippen LogP contribution in [0.1, 0.15) is 39.5 Å². The lowest BCUT2D eigenvalue weighted by Gasteiger charge is -2.39. The maximum atomic E-state index is 4.18. The van der Waals surface area contributed by atoms with Gasteiger partial charge in [0.05, 0.1) is 0 Å². The minimum absolute atomic E-state index is 0.715. The molecule has 0 atom stereocenters. The Morgan fingerprint density at radius 3 is 2.33 bits per heavy atom. The monoisotopic (exact) mass is 208 g/mol. The number of hydrogen-bond donors (Lipinski definition) is 0. The largest absolute Gasteiger partial charge is 0.372 e. The van der Waals surface area contributed by atoms with E-state index in [-0.39, 0.29) is 0 Å². The van der Waals surface area contributed by atoms with Crippen molar-refractivity contribution in [2.75, 3.05) is 19.6 Å². The Morgan fingerprint density at radius 2 is 1.87 bits per heavy atom. The number of likely N-dealkylation sites (tertiary alicyclic amines) is 2. The average Bonchev–Trinajstić information content (AvgIpc) is 2.65. The van der Waals surface area contributed by atoms with E-state index in [2.05, 4.69) is 30.2 Å². The molecule has 0 bridgehead atoms. The van der Waals surface area contributed by atoms with E-state index in [1.54, 1.807) is 0 Å². The molecular formula is C13H24N2. The molecule has 2 nitrogen and oxygen atoms in total. The first-order valence-corrected chi connectivity index (χ1v) is 6.37. The maximum absolute atomic E-state index is 4.18. The van der Waals surface area contributed by atoms with Crippen molar-refractivity contribution >= 4 is 0 Å². The number of piperidine rings is 1. The van der Waals surface area contributed by atoms with Crippen LogP contribution in [0, 0.1) is 0 Å². The molecule has 2 aliphatic heterocycles. The molecule has 86 valence electrons. The van der Waals surface area contributed by atoms with Crippen molar-refractivity contribution in [1.29, 1.82) is 0 Å². The summed E-state index contributed by atoms with van der Waals surface area (Å²) in [5, 5.41) is 0. The molecule has 2 rings (SSSR count). The van der Waals surface area contributed by atoms with Crippen LogP contribution in [0.15, 0.2) is 12.3 Å². The fraction of sp³-hybridized carbons (Fsp3) is 0.846. The minimum Gasteiger partial charge on any atom is -0.372 e. The van der Waals surface area contributed by atoms with Gasteiger partial charge in [-0.3, -0.25) is 0 Å². The summed E-state index contributed by atoms with van der Waals surface area (Å²) in [7, 11) is 0. The van der Waals surface area contributed by atoms with Crippen molar-refractivity contribution in [3.05, 3.63) is 12.3 Å². The fourth-order valence-electron chi connectivity index (χ4n) is 2.91. The second-order valence-corrected chi connectivity index (χ2v) is 5.22. The van der Waals surface area contributed by atoms with Gasteiger partial charge in [0.1, 0.15) is 0 Å². The molecule has 0 aromatic rings. The van der Waals surface area contributed by atoms with Crippen molar-refractivity contribution in [2.45, 2.75) is 51.6 Å². The third-order valence-electron chi connectivity index (χ3n) is 3.94. The van der Waals surface area contributed by atoms with Crippen LogP contribution in [0.25, 0.3) is 0 Å². The summed E-state index contributed by atoms with van der Waals surface area (Å²) in [4.78, 5) is 5.16. The van der Waals surface area contributed by atoms with Gasteiger partial charge >= 0.3 is 0 Å². The summed E-state index contributed by atoms with van der Waals surface area (Å²) < 4.78 is 0. The van der Waals surface area contributed by atoms with E-state index < -0.39 is 0 Å². The Kier molecular flexibility index (Phi) is 3.35. The molecule has 2 heterocycles. The molecule has 0 spiro atoms. The smallest absolute Gasteiger partial charge is 0.0311 e. The van der Waals surface area contributed by atoms with E-state index in [1.807, 2.05) is 0 Å². The Balaban J connectivity index is 1.85. The van der Waals surface area contributed by atoms with E-state index >= 15 is 0 Å². The highest BCUT2D eigenvalue weighted by Gasteiger charge is 2.28. The maximum Gasteiger partial charge on any atom is 0.0311 e. The zero-order valence-electron chi connectivity index (χ0n) is 10.2. The molecule has 0 unspecified atom stereocenters. The predicted octanol–water partition coefficient (Wildman–Crippen LogP) is 2.47. The average molecular weight is 208 g/mol. The van der Waals surface area contributed by atoms with Crippen LogP contribution in [0.5, 0.6) is 0 Å². The Hall–Kier alpha value is -0.500. The lowest BCUT2D eigenvalue weighted by molar-refractivity contribution is 0.120. The molecule has 0 aromatic carbocycles. The van der Waals surface area contributed by atoms with Crippen LogP contribution in [0.4, 0.5) is 0 Å². The number of hydrogen-bond acceptors (Lipinski definition) is 2. The first-order valence-electron chi connectivity index (χ1n) is 6.37. The van der Waals surface area contributed by atoms with E-state index in [4.69, 9.17) is 0 Å². The summed E-state index contributed by atoms with van der Waals surface area (Å²) in [6, 6.07) is 1.50. The first-order chi connectivity index (χ1) is 7.18. The zero-order valence-corrected chi connectivity index (χ0v) is 10.2. The lowest BCUT2D eigenvalue weighted by Crippen LogP contribution is -2.45. The van der Waals surface area contributed by atoms with Crippen LogP contribution < -0.4 is 0 Å². The van der Waals surface area contributed by atoms with E-state index in [9.17, 15) is 0 Å². The molecule has 15 heavy (non-hydrogen) atoms. The fourth-order valence-corrected chi connectivity index (χ4v) is 2.91. The summed E-state index contributed by atoms with van der Waals surface area (Å²) in [6.07, 6.45) is 5.21. The molecule has 0 saturated carbocycles. The van der Waals surface area contributed by atoms with Crippen molar-refractivity contribution in [2.24, 2.45) is 0 Å². The predicted molar refractivity (Wildman–Crippen MR) is 64.8 cm³/mol. The van der Waals surface area contributed by atoms with E-state index in [0.29, 0.717) is 6.04 Å². The van der Waals surface area contributed by atoms with Crippen LogP contribution in [-0.2, 0) is 0 Å². The molecule has 0 amide bonds. The third-order valence-corrected chi connectivity index (χ3v) is 3.94. The molecular weight excluding hydrogens is 184 g/mol. The molecule has 2 aliphatic rings. The van der Waals surface area contributed by atoms with Gasteiger partial charge in [-0.2, -0.15) is 0 Å². The molecule has 2 heteroatoms. The van der Waals surface area contributed by atoms with Gasteiger partial charge in [0.15, 0.2) is 0 Å². The van der Waals surface area contributed by atoms with Crippen LogP contribution in [-0.4, -0.2) is 41.5 Å². The molecule has 0 aliphatic carbocycles. The highest BCUT2D eigenvalue weighted by Crippen LogP contribution is 2.27. The quantitative estimate of drug-likeness (QED) is 0.688. The molecule has 0 radical (unpaired) electrons. The summed E-state index contributed by atoms with van der Waals surface area (Å²) in [5.41, 5.74) is 1.39. The number of nitrogens with zero attached hydrogens (tertiary/aromatic N) is 2. The second kappa shape index (κ2) is 4.56. The molecule has 2 saturated heterocycles. The molecule has 2 fully saturated rings. The zero-order chi connectivity index (χ0) is 10.8. The minimum atomic E-state index is 0.715. The summed E-state index contributed by atoms with van der Waals surface area (Å²) in [5.74, 6) is 0. The van der Waals surface area contributed by atoms with Crippen LogP contribution in [0.2, 0.25) is 0 Å². The Morgan fingerprint density at radius 1 is 1.20 bits per heavy atom. The summed E-state index contributed by atoms with van der Waals surface area (Å²) >= 11 is 0. The topological polar surface area (TPSA) is 6.48 Å². The van der Waals surface area contributed by atoms with Gasteiger partial charge < -0.3 is 9.80 Å². The Bertz CT molecular complexity index is 227. The second-order valence-electron chi connectivity index (χ2n) is 5.22. The van der Waals surface area contributed by atoms with Crippen molar-refractivity contribution in [3.8, 4) is 0 Å². The number of rotatable bonds is 2. The third kappa shape index (κ3) is 2.36. The standard InChI is InChI=1S/C13H24N2/c1-11(2)14-9-6-13(7-10-14)15-8-4-5-12(15)3/h11,13H,3-10H2,1-2H3. The van der Waals surface area contributed by atoms with Gasteiger partial charge in [-0.05, 0) is 39.5 Å². The van der Waals surface area contributed by atoms with Gasteiger partial charge in [-0.15, -0.1) is 0 Å².